The van der Waals surface area contributed by atoms with Crippen molar-refractivity contribution in [2.45, 2.75) is 45.4 Å². The minimum atomic E-state index is -0.909. The molecule has 1 aromatic heterocycles. The van der Waals surface area contributed by atoms with Crippen molar-refractivity contribution < 1.29 is 23.0 Å². The lowest BCUT2D eigenvalue weighted by molar-refractivity contribution is -0.150. The molecule has 1 aliphatic heterocycles. The molecule has 2 atom stereocenters. The molecular weight excluding hydrogens is 389 g/mol. The Kier molecular flexibility index (Phi) is 6.25. The second-order valence-corrected chi connectivity index (χ2v) is 8.19. The fourth-order valence-corrected chi connectivity index (χ4v) is 4.00. The molecule has 1 aromatic carbocycles. The summed E-state index contributed by atoms with van der Waals surface area (Å²) >= 11 is 2.15. The molecule has 1 amide bonds. The van der Waals surface area contributed by atoms with E-state index in [1.54, 1.807) is 27.7 Å². The van der Waals surface area contributed by atoms with Crippen molar-refractivity contribution in [1.29, 1.82) is 0 Å². The highest BCUT2D eigenvalue weighted by atomic mass is 27.1. The normalized spacial score (nSPS) is 19.1. The molecule has 154 valence electrons. The molecule has 29 heavy (non-hydrogen) atoms. The molecule has 0 fully saturated rings. The highest BCUT2D eigenvalue weighted by Crippen LogP contribution is 2.42. The summed E-state index contributed by atoms with van der Waals surface area (Å²) in [5.41, 5.74) is 4.76. The van der Waals surface area contributed by atoms with Gasteiger partial charge in [0.05, 0.1) is 12.6 Å². The van der Waals surface area contributed by atoms with Crippen LogP contribution in [-0.2, 0) is 25.2 Å². The van der Waals surface area contributed by atoms with Gasteiger partial charge in [0.2, 0.25) is 0 Å². The van der Waals surface area contributed by atoms with E-state index in [2.05, 4.69) is 22.1 Å². The molecular formula is C20H26AlN3O5. The molecule has 0 spiro atoms. The number of nitrogens with zero attached hydrogens (tertiary/aromatic N) is 2. The highest BCUT2D eigenvalue weighted by Gasteiger charge is 2.45. The van der Waals surface area contributed by atoms with E-state index in [1.807, 2.05) is 35.9 Å². The van der Waals surface area contributed by atoms with Gasteiger partial charge in [0.15, 0.2) is 6.04 Å². The van der Waals surface area contributed by atoms with Gasteiger partial charge in [0, 0.05) is 35.8 Å². The van der Waals surface area contributed by atoms with Gasteiger partial charge in [-0.2, -0.15) is 0 Å². The number of carbonyl (C=O) groups is 2. The Balaban J connectivity index is 2.21. The number of nitrogens with one attached hydrogen (secondary N) is 1. The van der Waals surface area contributed by atoms with E-state index in [4.69, 9.17) is 13.4 Å². The predicted octanol–water partition coefficient (Wildman–Crippen LogP) is 2.68. The number of carbonyl (C=O) groups excluding carboxylic acids is 2. The maximum atomic E-state index is 13.1. The minimum Gasteiger partial charge on any atom is -0.464 e. The van der Waals surface area contributed by atoms with E-state index in [-0.39, 0.29) is 19.2 Å². The Morgan fingerprint density at radius 3 is 2.59 bits per heavy atom. The van der Waals surface area contributed by atoms with Crippen LogP contribution in [-0.4, -0.2) is 56.9 Å². The van der Waals surface area contributed by atoms with Crippen LogP contribution in [0.25, 0.3) is 10.9 Å². The van der Waals surface area contributed by atoms with Crippen molar-refractivity contribution >= 4 is 39.6 Å². The number of aromatic nitrogens is 1. The second-order valence-electron chi connectivity index (χ2n) is 7.95. The summed E-state index contributed by atoms with van der Waals surface area (Å²) in [4.78, 5) is 27.5. The van der Waals surface area contributed by atoms with Gasteiger partial charge in [-0.05, 0) is 33.8 Å². The molecule has 2 aromatic rings. The van der Waals surface area contributed by atoms with Crippen LogP contribution in [0.1, 0.15) is 51.0 Å². The number of hydrogen-bond acceptors (Lipinski definition) is 6. The van der Waals surface area contributed by atoms with Crippen molar-refractivity contribution in [3.05, 3.63) is 35.5 Å². The van der Waals surface area contributed by atoms with Gasteiger partial charge in [-0.3, -0.25) is 4.90 Å². The van der Waals surface area contributed by atoms with Gasteiger partial charge in [-0.25, -0.2) is 15.1 Å². The summed E-state index contributed by atoms with van der Waals surface area (Å²) in [7, 11) is 1.93. The first-order valence-electron chi connectivity index (χ1n) is 9.54. The molecule has 2 unspecified atom stereocenters. The Morgan fingerprint density at radius 2 is 1.97 bits per heavy atom. The number of hydrogen-bond donors (Lipinski definition) is 1. The van der Waals surface area contributed by atoms with Gasteiger partial charge in [0.1, 0.15) is 5.60 Å². The summed E-state index contributed by atoms with van der Waals surface area (Å²) in [6.45, 7) is 7.52. The first-order valence-corrected chi connectivity index (χ1v) is 10.0. The fraction of sp³-hybridized carbons (Fsp3) is 0.500. The van der Waals surface area contributed by atoms with Crippen LogP contribution >= 0.6 is 0 Å². The van der Waals surface area contributed by atoms with E-state index in [0.717, 1.165) is 22.2 Å². The monoisotopic (exact) mass is 415 g/mol. The van der Waals surface area contributed by atoms with Crippen molar-refractivity contribution in [2.75, 3.05) is 13.2 Å². The zero-order valence-electron chi connectivity index (χ0n) is 17.4. The van der Waals surface area contributed by atoms with Gasteiger partial charge in [0.25, 0.3) is 0 Å². The number of ether oxygens (including phenoxy) is 2. The third kappa shape index (κ3) is 4.14. The van der Waals surface area contributed by atoms with Crippen molar-refractivity contribution in [3.63, 3.8) is 0 Å². The number of para-hydroxylation sites is 1. The quantitative estimate of drug-likeness (QED) is 0.470. The molecule has 0 saturated carbocycles. The zero-order valence-corrected chi connectivity index (χ0v) is 18.5. The Labute approximate surface area is 178 Å². The topological polar surface area (TPSA) is 82.0 Å². The van der Waals surface area contributed by atoms with E-state index in [1.165, 1.54) is 4.90 Å². The predicted molar refractivity (Wildman–Crippen MR) is 108 cm³/mol. The standard InChI is InChI=1S/C20H26N3O5.Al/c1-6-27-18(24)17-15-12-9-7-8-10-14(12)22(5)16(15)13(21-26)11-23(17)19(25)28-20(2,3)4;/h7-10,13,17,21H,6,11H2,1-5H3;/q-1;+1. The lowest BCUT2D eigenvalue weighted by atomic mass is 9.93. The number of esters is 1. The second kappa shape index (κ2) is 8.36. The maximum absolute atomic E-state index is 13.1. The van der Waals surface area contributed by atoms with Crippen LogP contribution < -0.4 is 5.48 Å². The number of hydroxylamine groups is 1. The third-order valence-corrected chi connectivity index (χ3v) is 4.97. The van der Waals surface area contributed by atoms with Crippen LogP contribution in [0.4, 0.5) is 4.79 Å². The molecule has 2 radical (unpaired) electrons. The number of aryl methyl sites for hydroxylation is 1. The lowest BCUT2D eigenvalue weighted by Crippen LogP contribution is -2.50. The van der Waals surface area contributed by atoms with Crippen molar-refractivity contribution in [1.82, 2.24) is 14.9 Å². The smallest absolute Gasteiger partial charge is 0.411 e. The molecule has 0 saturated heterocycles. The summed E-state index contributed by atoms with van der Waals surface area (Å²) in [5, 5.41) is 0.881. The molecule has 0 aliphatic carbocycles. The third-order valence-electron chi connectivity index (χ3n) is 4.84. The van der Waals surface area contributed by atoms with Crippen LogP contribution in [0.5, 0.6) is 0 Å². The Hall–Kier alpha value is -2.05. The minimum absolute atomic E-state index is 0.184. The maximum Gasteiger partial charge on any atom is 0.411 e. The largest absolute Gasteiger partial charge is 0.464 e. The van der Waals surface area contributed by atoms with Crippen LogP contribution in [0.3, 0.4) is 0 Å². The highest BCUT2D eigenvalue weighted by molar-refractivity contribution is 5.97. The van der Waals surface area contributed by atoms with Crippen LogP contribution in [0, 0.1) is 0 Å². The molecule has 0 bridgehead atoms. The number of rotatable bonds is 4. The summed E-state index contributed by atoms with van der Waals surface area (Å²) in [6.07, 6.45) is -0.579. The molecule has 8 nitrogen and oxygen atoms in total. The van der Waals surface area contributed by atoms with Crippen molar-refractivity contribution in [2.24, 2.45) is 7.05 Å². The summed E-state index contributed by atoms with van der Waals surface area (Å²) in [5.74, 6) is -0.485. The molecule has 2 heterocycles. The Bertz CT molecular complexity index is 921. The molecule has 3 rings (SSSR count). The number of benzene rings is 1. The number of amides is 1. The first kappa shape index (κ1) is 21.7. The summed E-state index contributed by atoms with van der Waals surface area (Å²) < 4.78 is 18.1. The van der Waals surface area contributed by atoms with E-state index < -0.39 is 23.7 Å². The SMILES string of the molecule is CCOC(=O)C1c2c(n(C)c3ccccc23)C(N[O][Al])CN1C(=O)OC(C)(C)C. The van der Waals surface area contributed by atoms with E-state index in [0.29, 0.717) is 0 Å². The van der Waals surface area contributed by atoms with Gasteiger partial charge in [-0.15, -0.1) is 0 Å². The fourth-order valence-electron chi connectivity index (χ4n) is 3.84. The van der Waals surface area contributed by atoms with Gasteiger partial charge >= 0.3 is 28.7 Å². The van der Waals surface area contributed by atoms with E-state index in [9.17, 15) is 9.59 Å². The van der Waals surface area contributed by atoms with Crippen LogP contribution in [0.2, 0.25) is 0 Å². The average Bonchev–Trinajstić information content (AvgIpc) is 2.94. The van der Waals surface area contributed by atoms with Gasteiger partial charge in [-0.1, -0.05) is 18.2 Å². The Morgan fingerprint density at radius 1 is 1.28 bits per heavy atom. The van der Waals surface area contributed by atoms with E-state index >= 15 is 0 Å². The first-order chi connectivity index (χ1) is 13.7. The van der Waals surface area contributed by atoms with Crippen LogP contribution in [0.15, 0.2) is 24.3 Å². The zero-order chi connectivity index (χ0) is 21.3. The van der Waals surface area contributed by atoms with Crippen molar-refractivity contribution in [3.8, 4) is 0 Å². The summed E-state index contributed by atoms with van der Waals surface area (Å²) in [6, 6.07) is 6.50. The van der Waals surface area contributed by atoms with Gasteiger partial charge < -0.3 is 17.9 Å². The molecule has 9 heteroatoms. The number of fused-ring (bicyclic) bond motifs is 3. The lowest BCUT2D eigenvalue weighted by Gasteiger charge is -2.39. The average molecular weight is 415 g/mol. The molecule has 1 N–H and O–H groups in total. The molecule has 1 aliphatic rings.